The van der Waals surface area contributed by atoms with Crippen molar-refractivity contribution in [3.05, 3.63) is 62.5 Å². The number of benzene rings is 2. The van der Waals surface area contributed by atoms with Gasteiger partial charge in [0.25, 0.3) is 5.56 Å². The maximum absolute atomic E-state index is 13.4. The molecule has 4 rings (SSSR count). The summed E-state index contributed by atoms with van der Waals surface area (Å²) in [5, 5.41) is 8.39. The summed E-state index contributed by atoms with van der Waals surface area (Å²) in [7, 11) is 1.59. The van der Waals surface area contributed by atoms with Crippen LogP contribution in [0, 0.1) is 0 Å². The lowest BCUT2D eigenvalue weighted by molar-refractivity contribution is 0.199. The second-order valence-electron chi connectivity index (χ2n) is 8.25. The Morgan fingerprint density at radius 1 is 0.970 bits per heavy atom. The molecule has 0 saturated carbocycles. The van der Waals surface area contributed by atoms with Gasteiger partial charge in [-0.2, -0.15) is 0 Å². The lowest BCUT2D eigenvalue weighted by atomic mass is 10.2. The van der Waals surface area contributed by atoms with Crippen molar-refractivity contribution in [2.45, 2.75) is 46.4 Å². The van der Waals surface area contributed by atoms with Crippen molar-refractivity contribution < 1.29 is 14.2 Å². The molecule has 0 fully saturated rings. The molecule has 0 aliphatic carbocycles. The number of hydrogen-bond acceptors (Lipinski definition) is 7. The van der Waals surface area contributed by atoms with Gasteiger partial charge >= 0.3 is 0 Å². The summed E-state index contributed by atoms with van der Waals surface area (Å²) in [5.74, 6) is 1.59. The molecule has 33 heavy (non-hydrogen) atoms. The molecular formula is C24H26N4O5. The van der Waals surface area contributed by atoms with Crippen molar-refractivity contribution in [2.24, 2.45) is 0 Å². The van der Waals surface area contributed by atoms with Crippen LogP contribution >= 0.6 is 0 Å². The van der Waals surface area contributed by atoms with Gasteiger partial charge in [-0.1, -0.05) is 17.3 Å². The molecule has 9 nitrogen and oxygen atoms in total. The molecular weight excluding hydrogens is 424 g/mol. The smallest absolute Gasteiger partial charge is 0.276 e. The third-order valence-electron chi connectivity index (χ3n) is 4.96. The normalized spacial score (nSPS) is 11.5. The minimum absolute atomic E-state index is 0.00668. The van der Waals surface area contributed by atoms with Crippen LogP contribution in [0.25, 0.3) is 21.9 Å². The second kappa shape index (κ2) is 8.93. The topological polar surface area (TPSA) is 108 Å². The summed E-state index contributed by atoms with van der Waals surface area (Å²) in [4.78, 5) is 29.3. The molecule has 4 aromatic rings. The number of aromatic amines is 1. The van der Waals surface area contributed by atoms with E-state index >= 15 is 0 Å². The van der Waals surface area contributed by atoms with Crippen LogP contribution in [0.2, 0.25) is 0 Å². The Morgan fingerprint density at radius 3 is 2.21 bits per heavy atom. The predicted molar refractivity (Wildman–Crippen MR) is 126 cm³/mol. The third-order valence-corrected chi connectivity index (χ3v) is 4.96. The first-order chi connectivity index (χ1) is 15.8. The van der Waals surface area contributed by atoms with Crippen molar-refractivity contribution in [3.8, 4) is 17.2 Å². The van der Waals surface area contributed by atoms with Gasteiger partial charge in [0.05, 0.1) is 36.8 Å². The van der Waals surface area contributed by atoms with E-state index in [2.05, 4.69) is 15.3 Å². The summed E-state index contributed by atoms with van der Waals surface area (Å²) in [6.07, 6.45) is -0.249. The fourth-order valence-electron chi connectivity index (χ4n) is 3.56. The molecule has 2 aromatic carbocycles. The fourth-order valence-corrected chi connectivity index (χ4v) is 3.56. The predicted octanol–water partition coefficient (Wildman–Crippen LogP) is 3.26. The Morgan fingerprint density at radius 2 is 1.61 bits per heavy atom. The molecule has 0 bridgehead atoms. The van der Waals surface area contributed by atoms with Crippen LogP contribution in [-0.2, 0) is 6.54 Å². The zero-order valence-electron chi connectivity index (χ0n) is 19.2. The SMILES string of the molecule is COc1ccc(Cn2nnc3c(=O)c4cc(OC(C)C)c(OC(C)C)cc4[nH]c(=O)c32)cc1. The Balaban J connectivity index is 1.91. The van der Waals surface area contributed by atoms with E-state index < -0.39 is 11.0 Å². The van der Waals surface area contributed by atoms with E-state index in [-0.39, 0.29) is 35.2 Å². The van der Waals surface area contributed by atoms with Gasteiger partial charge in [0.15, 0.2) is 22.5 Å². The van der Waals surface area contributed by atoms with Gasteiger partial charge in [-0.15, -0.1) is 5.10 Å². The number of hydrogen-bond donors (Lipinski definition) is 1. The van der Waals surface area contributed by atoms with Crippen molar-refractivity contribution in [2.75, 3.05) is 7.11 Å². The second-order valence-corrected chi connectivity index (χ2v) is 8.25. The van der Waals surface area contributed by atoms with Gasteiger partial charge in [0.2, 0.25) is 5.43 Å². The monoisotopic (exact) mass is 450 g/mol. The number of H-pyrrole nitrogens is 1. The number of fused-ring (bicyclic) bond motifs is 2. The van der Waals surface area contributed by atoms with Crippen LogP contribution in [0.1, 0.15) is 33.3 Å². The zero-order chi connectivity index (χ0) is 23.7. The Bertz CT molecular complexity index is 1420. The maximum atomic E-state index is 13.4. The molecule has 2 heterocycles. The zero-order valence-corrected chi connectivity index (χ0v) is 19.2. The molecule has 9 heteroatoms. The van der Waals surface area contributed by atoms with E-state index in [9.17, 15) is 9.59 Å². The highest BCUT2D eigenvalue weighted by Gasteiger charge is 2.18. The number of nitrogens with zero attached hydrogens (tertiary/aromatic N) is 3. The highest BCUT2D eigenvalue weighted by Crippen LogP contribution is 2.32. The molecule has 0 spiro atoms. The highest BCUT2D eigenvalue weighted by molar-refractivity contribution is 5.89. The Kier molecular flexibility index (Phi) is 6.04. The molecule has 1 N–H and O–H groups in total. The minimum atomic E-state index is -0.469. The molecule has 0 aliphatic heterocycles. The molecule has 0 amide bonds. The van der Waals surface area contributed by atoms with Gasteiger partial charge in [-0.05, 0) is 51.5 Å². The summed E-state index contributed by atoms with van der Waals surface area (Å²) in [5.41, 5.74) is 0.432. The Hall–Kier alpha value is -3.88. The highest BCUT2D eigenvalue weighted by atomic mass is 16.5. The van der Waals surface area contributed by atoms with Crippen molar-refractivity contribution in [1.29, 1.82) is 0 Å². The number of ether oxygens (including phenoxy) is 3. The van der Waals surface area contributed by atoms with Crippen molar-refractivity contribution in [1.82, 2.24) is 20.0 Å². The van der Waals surface area contributed by atoms with Crippen LogP contribution < -0.4 is 25.2 Å². The first kappa shape index (κ1) is 22.3. The molecule has 0 radical (unpaired) electrons. The quantitative estimate of drug-likeness (QED) is 0.460. The van der Waals surface area contributed by atoms with E-state index in [4.69, 9.17) is 14.2 Å². The van der Waals surface area contributed by atoms with Crippen LogP contribution in [0.5, 0.6) is 17.2 Å². The summed E-state index contributed by atoms with van der Waals surface area (Å²) in [6, 6.07) is 10.6. The largest absolute Gasteiger partial charge is 0.497 e. The van der Waals surface area contributed by atoms with Gasteiger partial charge < -0.3 is 19.2 Å². The van der Waals surface area contributed by atoms with Crippen LogP contribution in [0.3, 0.4) is 0 Å². The standard InChI is InChI=1S/C24H26N4O5/c1-13(2)32-19-10-17-18(11-20(19)33-14(3)4)25-24(30)22-21(23(17)29)26-27-28(22)12-15-6-8-16(31-5)9-7-15/h6-11,13-14H,12H2,1-5H3,(H,25,30). The molecule has 0 atom stereocenters. The van der Waals surface area contributed by atoms with E-state index in [0.29, 0.717) is 17.0 Å². The number of methoxy groups -OCH3 is 1. The van der Waals surface area contributed by atoms with Crippen LogP contribution in [0.4, 0.5) is 0 Å². The Labute approximate surface area is 189 Å². The first-order valence-corrected chi connectivity index (χ1v) is 10.7. The number of rotatable bonds is 7. The third kappa shape index (κ3) is 4.52. The van der Waals surface area contributed by atoms with E-state index in [0.717, 1.165) is 11.3 Å². The number of nitrogens with one attached hydrogen (secondary N) is 1. The molecule has 0 saturated heterocycles. The van der Waals surface area contributed by atoms with Crippen LogP contribution in [-0.4, -0.2) is 39.3 Å². The number of aromatic nitrogens is 4. The molecule has 0 unspecified atom stereocenters. The summed E-state index contributed by atoms with van der Waals surface area (Å²) in [6.45, 7) is 7.82. The van der Waals surface area contributed by atoms with Gasteiger partial charge in [0, 0.05) is 6.07 Å². The molecule has 172 valence electrons. The van der Waals surface area contributed by atoms with E-state index in [1.54, 1.807) is 19.2 Å². The van der Waals surface area contributed by atoms with Gasteiger partial charge in [0.1, 0.15) is 5.75 Å². The molecule has 2 aromatic heterocycles. The van der Waals surface area contributed by atoms with Gasteiger partial charge in [-0.3, -0.25) is 9.59 Å². The van der Waals surface area contributed by atoms with Gasteiger partial charge in [-0.25, -0.2) is 4.68 Å². The lowest BCUT2D eigenvalue weighted by Crippen LogP contribution is -2.12. The summed E-state index contributed by atoms with van der Waals surface area (Å²) >= 11 is 0. The average molecular weight is 450 g/mol. The minimum Gasteiger partial charge on any atom is -0.497 e. The maximum Gasteiger partial charge on any atom is 0.276 e. The fraction of sp³-hybridized carbons (Fsp3) is 0.333. The van der Waals surface area contributed by atoms with Crippen molar-refractivity contribution in [3.63, 3.8) is 0 Å². The van der Waals surface area contributed by atoms with Crippen molar-refractivity contribution >= 4 is 21.9 Å². The molecule has 0 aliphatic rings. The van der Waals surface area contributed by atoms with Crippen LogP contribution in [0.15, 0.2) is 46.0 Å². The first-order valence-electron chi connectivity index (χ1n) is 10.7. The lowest BCUT2D eigenvalue weighted by Gasteiger charge is -2.17. The van der Waals surface area contributed by atoms with E-state index in [1.807, 2.05) is 52.0 Å². The van der Waals surface area contributed by atoms with E-state index in [1.165, 1.54) is 4.68 Å². The summed E-state index contributed by atoms with van der Waals surface area (Å²) < 4.78 is 18.4. The average Bonchev–Trinajstić information content (AvgIpc) is 3.14.